The summed E-state index contributed by atoms with van der Waals surface area (Å²) in [7, 11) is 0. The van der Waals surface area contributed by atoms with Gasteiger partial charge in [-0.2, -0.15) is 0 Å². The second-order valence-corrected chi connectivity index (χ2v) is 2.43. The third kappa shape index (κ3) is 1.62. The first-order chi connectivity index (χ1) is 7.02. The third-order valence-corrected chi connectivity index (χ3v) is 1.60. The number of carboxylic acid groups (broad SMARTS) is 2. The molecule has 0 unspecified atom stereocenters. The molecule has 1 rings (SSSR count). The summed E-state index contributed by atoms with van der Waals surface area (Å²) in [4.78, 5) is 42.0. The number of hydrogen-bond acceptors (Lipinski definition) is 5. The molecule has 1 heterocycles. The van der Waals surface area contributed by atoms with Gasteiger partial charge in [-0.1, -0.05) is 0 Å². The SMILES string of the molecule is O=Cc1oc(C=O)c(C(=O)O)c1C(=O)O. The van der Waals surface area contributed by atoms with Crippen molar-refractivity contribution < 1.29 is 33.8 Å². The maximum Gasteiger partial charge on any atom is 0.340 e. The van der Waals surface area contributed by atoms with Gasteiger partial charge in [0.05, 0.1) is 0 Å². The summed E-state index contributed by atoms with van der Waals surface area (Å²) in [5.41, 5.74) is -1.64. The monoisotopic (exact) mass is 212 g/mol. The van der Waals surface area contributed by atoms with Gasteiger partial charge in [0.25, 0.3) is 0 Å². The fourth-order valence-corrected chi connectivity index (χ4v) is 1.06. The summed E-state index contributed by atoms with van der Waals surface area (Å²) < 4.78 is 4.47. The van der Waals surface area contributed by atoms with Gasteiger partial charge in [0.1, 0.15) is 11.1 Å². The summed E-state index contributed by atoms with van der Waals surface area (Å²) in [5.74, 6) is -4.68. The van der Waals surface area contributed by atoms with Crippen LogP contribution in [0, 0.1) is 0 Å². The van der Waals surface area contributed by atoms with Crippen molar-refractivity contribution in [1.29, 1.82) is 0 Å². The summed E-state index contributed by atoms with van der Waals surface area (Å²) in [6.07, 6.45) is 0.0613. The van der Waals surface area contributed by atoms with Crippen LogP contribution in [0.4, 0.5) is 0 Å². The molecule has 0 saturated carbocycles. The van der Waals surface area contributed by atoms with Crippen LogP contribution in [-0.4, -0.2) is 34.7 Å². The van der Waals surface area contributed by atoms with Crippen LogP contribution in [0.2, 0.25) is 0 Å². The highest BCUT2D eigenvalue weighted by atomic mass is 16.4. The minimum absolute atomic E-state index is 0.0306. The zero-order chi connectivity index (χ0) is 11.6. The van der Waals surface area contributed by atoms with Gasteiger partial charge >= 0.3 is 11.9 Å². The molecule has 0 fully saturated rings. The van der Waals surface area contributed by atoms with Crippen LogP contribution in [0.1, 0.15) is 41.8 Å². The van der Waals surface area contributed by atoms with Crippen molar-refractivity contribution in [2.45, 2.75) is 0 Å². The molecule has 1 aromatic rings. The van der Waals surface area contributed by atoms with Crippen LogP contribution < -0.4 is 0 Å². The van der Waals surface area contributed by atoms with Crippen molar-refractivity contribution >= 4 is 24.5 Å². The Balaban J connectivity index is 3.62. The number of carbonyl (C=O) groups is 4. The van der Waals surface area contributed by atoms with Gasteiger partial charge in [-0.15, -0.1) is 0 Å². The van der Waals surface area contributed by atoms with Crippen LogP contribution in [0.5, 0.6) is 0 Å². The Hall–Kier alpha value is -2.44. The van der Waals surface area contributed by atoms with Gasteiger partial charge in [0.2, 0.25) is 0 Å². The lowest BCUT2D eigenvalue weighted by molar-refractivity contribution is 0.0650. The van der Waals surface area contributed by atoms with Gasteiger partial charge in [-0.25, -0.2) is 9.59 Å². The van der Waals surface area contributed by atoms with Crippen LogP contribution >= 0.6 is 0 Å². The molecule has 1 aromatic heterocycles. The highest BCUT2D eigenvalue weighted by Gasteiger charge is 2.29. The van der Waals surface area contributed by atoms with Gasteiger partial charge in [-0.05, 0) is 0 Å². The van der Waals surface area contributed by atoms with E-state index in [2.05, 4.69) is 4.42 Å². The summed E-state index contributed by atoms with van der Waals surface area (Å²) >= 11 is 0. The van der Waals surface area contributed by atoms with E-state index in [9.17, 15) is 19.2 Å². The lowest BCUT2D eigenvalue weighted by Gasteiger charge is -1.92. The topological polar surface area (TPSA) is 122 Å². The standard InChI is InChI=1S/C8H4O7/c9-1-3-5(7(11)12)6(8(13)14)4(2-10)15-3/h1-2H,(H,11,12)(H,13,14). The Morgan fingerprint density at radius 3 is 1.47 bits per heavy atom. The van der Waals surface area contributed by atoms with E-state index in [1.165, 1.54) is 0 Å². The van der Waals surface area contributed by atoms with E-state index in [1.54, 1.807) is 0 Å². The lowest BCUT2D eigenvalue weighted by atomic mass is 10.1. The van der Waals surface area contributed by atoms with Crippen molar-refractivity contribution in [1.82, 2.24) is 0 Å². The predicted octanol–water partition coefficient (Wildman–Crippen LogP) is 0.301. The molecule has 7 heteroatoms. The van der Waals surface area contributed by atoms with E-state index in [1.807, 2.05) is 0 Å². The highest BCUT2D eigenvalue weighted by Crippen LogP contribution is 2.20. The summed E-state index contributed by atoms with van der Waals surface area (Å²) in [5, 5.41) is 17.3. The zero-order valence-corrected chi connectivity index (χ0v) is 7.09. The first-order valence-corrected chi connectivity index (χ1v) is 3.56. The number of furan rings is 1. The summed E-state index contributed by atoms with van der Waals surface area (Å²) in [6, 6.07) is 0. The number of aldehydes is 2. The molecule has 0 radical (unpaired) electrons. The molecule has 7 nitrogen and oxygen atoms in total. The second kappa shape index (κ2) is 3.74. The maximum atomic E-state index is 10.6. The van der Waals surface area contributed by atoms with Crippen LogP contribution in [-0.2, 0) is 0 Å². The molecule has 0 aliphatic rings. The van der Waals surface area contributed by atoms with E-state index in [4.69, 9.17) is 10.2 Å². The molecule has 0 aliphatic carbocycles. The minimum Gasteiger partial charge on any atom is -0.478 e. The molecule has 0 saturated heterocycles. The van der Waals surface area contributed by atoms with E-state index < -0.39 is 34.6 Å². The van der Waals surface area contributed by atoms with Crippen molar-refractivity contribution in [3.05, 3.63) is 22.6 Å². The number of carbonyl (C=O) groups excluding carboxylic acids is 2. The first kappa shape index (κ1) is 10.6. The largest absolute Gasteiger partial charge is 0.478 e. The molecule has 78 valence electrons. The molecular formula is C8H4O7. The highest BCUT2D eigenvalue weighted by molar-refractivity contribution is 6.09. The smallest absolute Gasteiger partial charge is 0.340 e. The molecule has 0 atom stereocenters. The van der Waals surface area contributed by atoms with Crippen LogP contribution in [0.15, 0.2) is 4.42 Å². The number of rotatable bonds is 4. The van der Waals surface area contributed by atoms with E-state index in [0.29, 0.717) is 0 Å². The molecule has 0 aliphatic heterocycles. The zero-order valence-electron chi connectivity index (χ0n) is 7.09. The molecule has 0 bridgehead atoms. The van der Waals surface area contributed by atoms with Gasteiger partial charge < -0.3 is 14.6 Å². The molecule has 0 amide bonds. The molecule has 15 heavy (non-hydrogen) atoms. The van der Waals surface area contributed by atoms with Crippen LogP contribution in [0.25, 0.3) is 0 Å². The maximum absolute atomic E-state index is 10.6. The average molecular weight is 212 g/mol. The Bertz CT molecular complexity index is 413. The Labute approximate surface area is 81.9 Å². The lowest BCUT2D eigenvalue weighted by Crippen LogP contribution is -2.08. The first-order valence-electron chi connectivity index (χ1n) is 3.56. The van der Waals surface area contributed by atoms with Gasteiger partial charge in [-0.3, -0.25) is 9.59 Å². The predicted molar refractivity (Wildman–Crippen MR) is 43.4 cm³/mol. The molecular weight excluding hydrogens is 208 g/mol. The van der Waals surface area contributed by atoms with Gasteiger partial charge in [0, 0.05) is 0 Å². The number of carboxylic acids is 2. The van der Waals surface area contributed by atoms with Crippen molar-refractivity contribution in [2.75, 3.05) is 0 Å². The van der Waals surface area contributed by atoms with Crippen molar-refractivity contribution in [3.8, 4) is 0 Å². The Morgan fingerprint density at radius 2 is 1.27 bits per heavy atom. The molecule has 0 aromatic carbocycles. The van der Waals surface area contributed by atoms with Crippen molar-refractivity contribution in [3.63, 3.8) is 0 Å². The number of aromatic carboxylic acids is 2. The minimum atomic E-state index is -1.65. The molecule has 2 N–H and O–H groups in total. The normalized spacial score (nSPS) is 9.60. The van der Waals surface area contributed by atoms with E-state index in [0.717, 1.165) is 0 Å². The third-order valence-electron chi connectivity index (χ3n) is 1.60. The fraction of sp³-hybridized carbons (Fsp3) is 0. The number of hydrogen-bond donors (Lipinski definition) is 2. The van der Waals surface area contributed by atoms with Crippen molar-refractivity contribution in [2.24, 2.45) is 0 Å². The second-order valence-electron chi connectivity index (χ2n) is 2.43. The quantitative estimate of drug-likeness (QED) is 0.688. The average Bonchev–Trinajstić information content (AvgIpc) is 2.55. The van der Waals surface area contributed by atoms with E-state index in [-0.39, 0.29) is 12.6 Å². The Morgan fingerprint density at radius 1 is 0.933 bits per heavy atom. The Kier molecular flexibility index (Phi) is 2.65. The summed E-state index contributed by atoms with van der Waals surface area (Å²) in [6.45, 7) is 0. The van der Waals surface area contributed by atoms with E-state index >= 15 is 0 Å². The van der Waals surface area contributed by atoms with Gasteiger partial charge in [0.15, 0.2) is 24.1 Å². The molecule has 0 spiro atoms. The fourth-order valence-electron chi connectivity index (χ4n) is 1.06. The van der Waals surface area contributed by atoms with Crippen LogP contribution in [0.3, 0.4) is 0 Å².